The molecule has 0 aliphatic rings. The molecule has 0 saturated carbocycles. The molecule has 0 saturated heterocycles. The van der Waals surface area contributed by atoms with Crippen molar-refractivity contribution in [2.45, 2.75) is 4.84 Å². The van der Waals surface area contributed by atoms with Crippen molar-refractivity contribution in [3.63, 3.8) is 0 Å². The Labute approximate surface area is 61.0 Å². The van der Waals surface area contributed by atoms with E-state index in [4.69, 9.17) is 32.0 Å². The van der Waals surface area contributed by atoms with Crippen molar-refractivity contribution < 1.29 is 26.1 Å². The van der Waals surface area contributed by atoms with Crippen LogP contribution in [0.2, 0.25) is 0 Å². The van der Waals surface area contributed by atoms with Gasteiger partial charge in [-0.15, -0.1) is 23.2 Å². The van der Waals surface area contributed by atoms with Crippen molar-refractivity contribution in [1.29, 1.82) is 0 Å². The maximum atomic E-state index is 8.19. The maximum absolute atomic E-state index is 8.19. The fourth-order valence-corrected chi connectivity index (χ4v) is 0. The van der Waals surface area contributed by atoms with Gasteiger partial charge in [-0.3, -0.25) is 0 Å². The third kappa shape index (κ3) is 19.6. The van der Waals surface area contributed by atoms with Crippen molar-refractivity contribution in [1.82, 2.24) is 0 Å². The Morgan fingerprint density at radius 2 is 1.71 bits per heavy atom. The van der Waals surface area contributed by atoms with E-state index in [0.717, 1.165) is 17.4 Å². The molecule has 5 heteroatoms. The van der Waals surface area contributed by atoms with E-state index in [1.165, 1.54) is 0 Å². The Hall–Kier alpha value is 0.924. The van der Waals surface area contributed by atoms with Crippen LogP contribution in [0.1, 0.15) is 0 Å². The summed E-state index contributed by atoms with van der Waals surface area (Å²) in [4.78, 5) is -0.616. The van der Waals surface area contributed by atoms with Crippen LogP contribution in [0.5, 0.6) is 0 Å². The number of aliphatic hydroxyl groups excluding tert-OH is 1. The molecule has 0 fully saturated rings. The molecule has 0 aromatic rings. The first kappa shape index (κ1) is 10.8. The molecule has 7 heavy (non-hydrogen) atoms. The Bertz CT molecular complexity index is 34.9. The second kappa shape index (κ2) is 10.0. The SMILES string of the molecule is OCC(Cl)Cl.[O]=[V]. The van der Waals surface area contributed by atoms with Crippen LogP contribution in [-0.4, -0.2) is 16.5 Å². The van der Waals surface area contributed by atoms with Gasteiger partial charge in [0, 0.05) is 0 Å². The van der Waals surface area contributed by atoms with E-state index < -0.39 is 4.84 Å². The third-order valence-corrected chi connectivity index (χ3v) is 0.414. The summed E-state index contributed by atoms with van der Waals surface area (Å²) in [6.45, 7) is -0.164. The molecule has 43 valence electrons. The van der Waals surface area contributed by atoms with Gasteiger partial charge in [-0.1, -0.05) is 0 Å². The fraction of sp³-hybridized carbons (Fsp3) is 1.00. The predicted octanol–water partition coefficient (Wildman–Crippen LogP) is 0.661. The van der Waals surface area contributed by atoms with E-state index in [0.29, 0.717) is 0 Å². The molecule has 0 aromatic heterocycles. The molecule has 0 aliphatic heterocycles. The number of hydrogen-bond donors (Lipinski definition) is 1. The van der Waals surface area contributed by atoms with E-state index in [2.05, 4.69) is 0 Å². The molecule has 0 radical (unpaired) electrons. The van der Waals surface area contributed by atoms with Crippen molar-refractivity contribution in [2.75, 3.05) is 6.61 Å². The summed E-state index contributed by atoms with van der Waals surface area (Å²) in [6, 6.07) is 0. The number of aliphatic hydroxyl groups is 1. The van der Waals surface area contributed by atoms with Crippen molar-refractivity contribution in [3.05, 3.63) is 0 Å². The second-order valence-electron chi connectivity index (χ2n) is 0.574. The molecule has 0 aliphatic carbocycles. The van der Waals surface area contributed by atoms with E-state index >= 15 is 0 Å². The van der Waals surface area contributed by atoms with Gasteiger partial charge >= 0.3 is 21.0 Å². The first-order valence-electron chi connectivity index (χ1n) is 1.34. The number of halogens is 2. The van der Waals surface area contributed by atoms with Crippen LogP contribution in [0.4, 0.5) is 0 Å². The predicted molar refractivity (Wildman–Crippen MR) is 23.3 cm³/mol. The van der Waals surface area contributed by atoms with Gasteiger partial charge in [0.25, 0.3) is 0 Å². The zero-order valence-corrected chi connectivity index (χ0v) is 6.25. The van der Waals surface area contributed by atoms with Crippen LogP contribution in [0, 0.1) is 0 Å². The standard InChI is InChI=1S/C2H4Cl2O.O.V/c3-2(4)1-5;;/h2,5H,1H2;;. The Balaban J connectivity index is 0. The average molecular weight is 182 g/mol. The molecular formula is C2H4Cl2O2V. The molecule has 0 rings (SSSR count). The summed E-state index contributed by atoms with van der Waals surface area (Å²) in [6.07, 6.45) is 0. The average Bonchev–Trinajstić information content (AvgIpc) is 1.73. The van der Waals surface area contributed by atoms with Gasteiger partial charge in [-0.05, 0) is 0 Å². The first-order valence-corrected chi connectivity index (χ1v) is 2.79. The molecule has 0 bridgehead atoms. The molecule has 0 atom stereocenters. The first-order chi connectivity index (χ1) is 3.27. The number of hydrogen-bond acceptors (Lipinski definition) is 2. The van der Waals surface area contributed by atoms with Gasteiger partial charge in [0.05, 0.1) is 6.61 Å². The molecule has 0 amide bonds. The number of alkyl halides is 2. The van der Waals surface area contributed by atoms with Gasteiger partial charge in [0.1, 0.15) is 4.84 Å². The zero-order valence-electron chi connectivity index (χ0n) is 3.34. The molecule has 1 N–H and O–H groups in total. The minimum atomic E-state index is -0.616. The number of rotatable bonds is 1. The monoisotopic (exact) mass is 181 g/mol. The van der Waals surface area contributed by atoms with Crippen LogP contribution in [0.15, 0.2) is 0 Å². The Morgan fingerprint density at radius 1 is 1.57 bits per heavy atom. The van der Waals surface area contributed by atoms with E-state index in [1.54, 1.807) is 0 Å². The third-order valence-electron chi connectivity index (χ3n) is 0.138. The van der Waals surface area contributed by atoms with Gasteiger partial charge < -0.3 is 5.11 Å². The summed E-state index contributed by atoms with van der Waals surface area (Å²) in [5.74, 6) is 0. The minimum absolute atomic E-state index is 0.164. The van der Waals surface area contributed by atoms with Crippen LogP contribution < -0.4 is 0 Å². The van der Waals surface area contributed by atoms with Crippen LogP contribution >= 0.6 is 23.2 Å². The van der Waals surface area contributed by atoms with E-state index in [-0.39, 0.29) is 6.61 Å². The van der Waals surface area contributed by atoms with E-state index in [9.17, 15) is 0 Å². The van der Waals surface area contributed by atoms with Crippen molar-refractivity contribution in [3.8, 4) is 0 Å². The fourth-order valence-electron chi connectivity index (χ4n) is 0. The van der Waals surface area contributed by atoms with Crippen LogP contribution in [-0.2, 0) is 21.0 Å². The molecular weight excluding hydrogens is 178 g/mol. The van der Waals surface area contributed by atoms with Crippen LogP contribution in [0.3, 0.4) is 0 Å². The summed E-state index contributed by atoms with van der Waals surface area (Å²) in [5.41, 5.74) is 0. The van der Waals surface area contributed by atoms with Gasteiger partial charge in [-0.2, -0.15) is 0 Å². The summed E-state index contributed by atoms with van der Waals surface area (Å²) in [7, 11) is 0. The molecule has 0 unspecified atom stereocenters. The molecule has 0 spiro atoms. The second-order valence-corrected chi connectivity index (χ2v) is 1.85. The van der Waals surface area contributed by atoms with E-state index in [1.807, 2.05) is 0 Å². The summed E-state index contributed by atoms with van der Waals surface area (Å²) in [5, 5.41) is 7.88. The Kier molecular flexibility index (Phi) is 15.5. The summed E-state index contributed by atoms with van der Waals surface area (Å²) < 4.78 is 8.19. The Morgan fingerprint density at radius 3 is 1.71 bits per heavy atom. The molecule has 0 aromatic carbocycles. The topological polar surface area (TPSA) is 37.3 Å². The molecule has 2 nitrogen and oxygen atoms in total. The van der Waals surface area contributed by atoms with Crippen molar-refractivity contribution >= 4 is 23.2 Å². The molecule has 0 heterocycles. The normalized spacial score (nSPS) is 7.29. The quantitative estimate of drug-likeness (QED) is 0.604. The van der Waals surface area contributed by atoms with Gasteiger partial charge in [-0.25, -0.2) is 0 Å². The summed E-state index contributed by atoms with van der Waals surface area (Å²) >= 11 is 11.0. The zero-order chi connectivity index (χ0) is 6.28. The van der Waals surface area contributed by atoms with Crippen LogP contribution in [0.25, 0.3) is 0 Å². The van der Waals surface area contributed by atoms with Gasteiger partial charge in [0.2, 0.25) is 0 Å². The van der Waals surface area contributed by atoms with Gasteiger partial charge in [0.15, 0.2) is 0 Å². The van der Waals surface area contributed by atoms with Crippen molar-refractivity contribution in [2.24, 2.45) is 0 Å².